The minimum atomic E-state index is -0.572. The van der Waals surface area contributed by atoms with Gasteiger partial charge in [-0.1, -0.05) is 30.3 Å². The number of methoxy groups -OCH3 is 1. The third-order valence-electron chi connectivity index (χ3n) is 2.82. The first-order valence-corrected chi connectivity index (χ1v) is 6.09. The Morgan fingerprint density at radius 1 is 1.35 bits per heavy atom. The number of nitrogens with zero attached hydrogens (tertiary/aromatic N) is 1. The van der Waals surface area contributed by atoms with E-state index in [1.54, 1.807) is 12.1 Å². The number of rotatable bonds is 5. The summed E-state index contributed by atoms with van der Waals surface area (Å²) in [7, 11) is 1.35. The van der Waals surface area contributed by atoms with Crippen molar-refractivity contribution in [3.05, 3.63) is 59.5 Å². The second kappa shape index (κ2) is 6.55. The quantitative estimate of drug-likeness (QED) is 0.842. The van der Waals surface area contributed by atoms with Gasteiger partial charge in [-0.2, -0.15) is 5.26 Å². The molecule has 0 radical (unpaired) electrons. The van der Waals surface area contributed by atoms with Crippen LogP contribution in [0.5, 0.6) is 0 Å². The Morgan fingerprint density at radius 3 is 2.70 bits per heavy atom. The summed E-state index contributed by atoms with van der Waals surface area (Å²) in [4.78, 5) is 11.8. The maximum atomic E-state index is 11.8. The average molecular weight is 270 g/mol. The normalized spacial score (nSPS) is 11.6. The fraction of sp³-hybridized carbons (Fsp3) is 0.200. The first-order valence-electron chi connectivity index (χ1n) is 6.09. The first kappa shape index (κ1) is 13.8. The number of hydrogen-bond acceptors (Lipinski definition) is 5. The van der Waals surface area contributed by atoms with Gasteiger partial charge < -0.3 is 9.15 Å². The molecule has 1 aromatic carbocycles. The summed E-state index contributed by atoms with van der Waals surface area (Å²) < 4.78 is 10.1. The van der Waals surface area contributed by atoms with Crippen molar-refractivity contribution < 1.29 is 13.9 Å². The van der Waals surface area contributed by atoms with Crippen LogP contribution in [0.25, 0.3) is 0 Å². The van der Waals surface area contributed by atoms with Crippen LogP contribution in [-0.2, 0) is 16.1 Å². The smallest absolute Gasteiger partial charge is 0.327 e. The highest BCUT2D eigenvalue weighted by Crippen LogP contribution is 2.15. The zero-order valence-electron chi connectivity index (χ0n) is 11.0. The van der Waals surface area contributed by atoms with Crippen LogP contribution >= 0.6 is 0 Å². The summed E-state index contributed by atoms with van der Waals surface area (Å²) in [5.41, 5.74) is 0.811. The van der Waals surface area contributed by atoms with E-state index in [-0.39, 0.29) is 11.7 Å². The summed E-state index contributed by atoms with van der Waals surface area (Å²) in [6.45, 7) is 0.330. The zero-order chi connectivity index (χ0) is 14.4. The van der Waals surface area contributed by atoms with Crippen LogP contribution < -0.4 is 5.32 Å². The van der Waals surface area contributed by atoms with Gasteiger partial charge in [-0.15, -0.1) is 0 Å². The van der Waals surface area contributed by atoms with Gasteiger partial charge in [0.2, 0.25) is 5.76 Å². The number of carbonyl (C=O) groups is 1. The van der Waals surface area contributed by atoms with Crippen LogP contribution in [0.2, 0.25) is 0 Å². The van der Waals surface area contributed by atoms with Crippen molar-refractivity contribution in [2.24, 2.45) is 0 Å². The number of furan rings is 1. The lowest BCUT2D eigenvalue weighted by molar-refractivity contribution is -0.143. The number of nitrogens with one attached hydrogen (secondary N) is 1. The Balaban J connectivity index is 2.09. The molecular formula is C15H14N2O3. The Bertz CT molecular complexity index is 614. The number of nitriles is 1. The van der Waals surface area contributed by atoms with Crippen LogP contribution in [0.3, 0.4) is 0 Å². The second-order valence-electron chi connectivity index (χ2n) is 4.13. The van der Waals surface area contributed by atoms with Gasteiger partial charge in [-0.25, -0.2) is 4.79 Å². The molecule has 20 heavy (non-hydrogen) atoms. The monoisotopic (exact) mass is 270 g/mol. The third-order valence-corrected chi connectivity index (χ3v) is 2.82. The molecule has 0 aliphatic rings. The lowest BCUT2D eigenvalue weighted by Crippen LogP contribution is -2.29. The predicted molar refractivity (Wildman–Crippen MR) is 71.5 cm³/mol. The maximum absolute atomic E-state index is 11.8. The highest BCUT2D eigenvalue weighted by atomic mass is 16.5. The summed E-state index contributed by atoms with van der Waals surface area (Å²) >= 11 is 0. The van der Waals surface area contributed by atoms with Crippen molar-refractivity contribution >= 4 is 5.97 Å². The van der Waals surface area contributed by atoms with Gasteiger partial charge in [0, 0.05) is 0 Å². The Labute approximate surface area is 116 Å². The summed E-state index contributed by atoms with van der Waals surface area (Å²) in [5, 5.41) is 11.8. The average Bonchev–Trinajstić information content (AvgIpc) is 2.96. The molecule has 5 nitrogen and oxygen atoms in total. The van der Waals surface area contributed by atoms with Crippen molar-refractivity contribution in [1.29, 1.82) is 5.26 Å². The Kier molecular flexibility index (Phi) is 4.53. The SMILES string of the molecule is COC(=O)C(NCc1ccc(C#N)o1)c1ccccc1. The highest BCUT2D eigenvalue weighted by molar-refractivity contribution is 5.77. The molecule has 0 saturated carbocycles. The second-order valence-corrected chi connectivity index (χ2v) is 4.13. The number of ether oxygens (including phenoxy) is 1. The van der Waals surface area contributed by atoms with Crippen LogP contribution in [-0.4, -0.2) is 13.1 Å². The molecule has 0 fully saturated rings. The number of hydrogen-bond donors (Lipinski definition) is 1. The van der Waals surface area contributed by atoms with Crippen molar-refractivity contribution in [1.82, 2.24) is 5.32 Å². The van der Waals surface area contributed by atoms with E-state index < -0.39 is 6.04 Å². The fourth-order valence-electron chi connectivity index (χ4n) is 1.84. The predicted octanol–water partition coefficient (Wildman–Crippen LogP) is 2.16. The van der Waals surface area contributed by atoms with E-state index in [1.807, 2.05) is 36.4 Å². The molecule has 1 heterocycles. The van der Waals surface area contributed by atoms with Gasteiger partial charge in [0.05, 0.1) is 13.7 Å². The molecule has 1 unspecified atom stereocenters. The van der Waals surface area contributed by atoms with Crippen LogP contribution in [0.4, 0.5) is 0 Å². The van der Waals surface area contributed by atoms with Crippen molar-refractivity contribution in [2.75, 3.05) is 7.11 Å². The fourth-order valence-corrected chi connectivity index (χ4v) is 1.84. The third kappa shape index (κ3) is 3.25. The van der Waals surface area contributed by atoms with Crippen LogP contribution in [0.1, 0.15) is 23.1 Å². The van der Waals surface area contributed by atoms with Gasteiger partial charge in [-0.3, -0.25) is 5.32 Å². The molecule has 0 aliphatic heterocycles. The van der Waals surface area contributed by atoms with Crippen LogP contribution in [0, 0.1) is 11.3 Å². The van der Waals surface area contributed by atoms with Gasteiger partial charge in [0.1, 0.15) is 17.9 Å². The van der Waals surface area contributed by atoms with E-state index >= 15 is 0 Å². The molecule has 2 aromatic rings. The van der Waals surface area contributed by atoms with Crippen molar-refractivity contribution in [3.63, 3.8) is 0 Å². The molecule has 1 atom stereocenters. The summed E-state index contributed by atoms with van der Waals surface area (Å²) in [6, 6.07) is 13.9. The standard InChI is InChI=1S/C15H14N2O3/c1-19-15(18)14(11-5-3-2-4-6-11)17-10-13-8-7-12(9-16)20-13/h2-8,14,17H,10H2,1H3. The molecule has 102 valence electrons. The minimum Gasteiger partial charge on any atom is -0.468 e. The molecule has 0 spiro atoms. The van der Waals surface area contributed by atoms with E-state index in [0.717, 1.165) is 5.56 Å². The Hall–Kier alpha value is -2.58. The van der Waals surface area contributed by atoms with Gasteiger partial charge in [0.25, 0.3) is 0 Å². The number of carbonyl (C=O) groups excluding carboxylic acids is 1. The molecular weight excluding hydrogens is 256 g/mol. The topological polar surface area (TPSA) is 75.3 Å². The lowest BCUT2D eigenvalue weighted by Gasteiger charge is -2.16. The van der Waals surface area contributed by atoms with E-state index in [9.17, 15) is 4.79 Å². The summed E-state index contributed by atoms with van der Waals surface area (Å²) in [5.74, 6) is 0.464. The highest BCUT2D eigenvalue weighted by Gasteiger charge is 2.20. The molecule has 0 saturated heterocycles. The zero-order valence-corrected chi connectivity index (χ0v) is 11.0. The molecule has 0 amide bonds. The van der Waals surface area contributed by atoms with Crippen molar-refractivity contribution in [2.45, 2.75) is 12.6 Å². The van der Waals surface area contributed by atoms with Crippen molar-refractivity contribution in [3.8, 4) is 6.07 Å². The van der Waals surface area contributed by atoms with Gasteiger partial charge in [0.15, 0.2) is 0 Å². The first-order chi connectivity index (χ1) is 9.74. The lowest BCUT2D eigenvalue weighted by atomic mass is 10.1. The minimum absolute atomic E-state index is 0.246. The molecule has 5 heteroatoms. The summed E-state index contributed by atoms with van der Waals surface area (Å²) in [6.07, 6.45) is 0. The molecule has 2 rings (SSSR count). The molecule has 1 N–H and O–H groups in total. The van der Waals surface area contributed by atoms with E-state index in [2.05, 4.69) is 5.32 Å². The van der Waals surface area contributed by atoms with E-state index in [4.69, 9.17) is 14.4 Å². The van der Waals surface area contributed by atoms with Crippen LogP contribution in [0.15, 0.2) is 46.9 Å². The number of esters is 1. The van der Waals surface area contributed by atoms with Gasteiger partial charge >= 0.3 is 5.97 Å². The largest absolute Gasteiger partial charge is 0.468 e. The molecule has 0 aliphatic carbocycles. The van der Waals surface area contributed by atoms with E-state index in [0.29, 0.717) is 12.3 Å². The Morgan fingerprint density at radius 2 is 2.10 bits per heavy atom. The van der Waals surface area contributed by atoms with E-state index in [1.165, 1.54) is 7.11 Å². The molecule has 0 bridgehead atoms. The number of benzene rings is 1. The van der Waals surface area contributed by atoms with Gasteiger partial charge in [-0.05, 0) is 17.7 Å². The maximum Gasteiger partial charge on any atom is 0.327 e. The molecule has 1 aromatic heterocycles.